The smallest absolute Gasteiger partial charge is 0.289 e. The molecule has 0 spiro atoms. The molecule has 5 heteroatoms. The van der Waals surface area contributed by atoms with Crippen LogP contribution in [0.5, 0.6) is 0 Å². The quantitative estimate of drug-likeness (QED) is 0.860. The fourth-order valence-electron chi connectivity index (χ4n) is 2.39. The highest BCUT2D eigenvalue weighted by molar-refractivity contribution is 6.20. The van der Waals surface area contributed by atoms with Crippen molar-refractivity contribution < 1.29 is 9.21 Å². The maximum atomic E-state index is 11.9. The molecular formula is C13H19ClN2O2. The minimum absolute atomic E-state index is 0.166. The number of nitrogens with one attached hydrogen (secondary N) is 1. The van der Waals surface area contributed by atoms with Gasteiger partial charge in [-0.1, -0.05) is 0 Å². The van der Waals surface area contributed by atoms with E-state index >= 15 is 0 Å². The van der Waals surface area contributed by atoms with E-state index in [1.807, 2.05) is 0 Å². The monoisotopic (exact) mass is 270 g/mol. The number of aryl methyl sites for hydroxylation is 2. The van der Waals surface area contributed by atoms with Crippen LogP contribution in [0.15, 0.2) is 4.42 Å². The van der Waals surface area contributed by atoms with Crippen LogP contribution in [0.4, 0.5) is 0 Å². The highest BCUT2D eigenvalue weighted by atomic mass is 35.5. The summed E-state index contributed by atoms with van der Waals surface area (Å²) in [5.74, 6) is 1.23. The van der Waals surface area contributed by atoms with Crippen molar-refractivity contribution in [1.82, 2.24) is 10.3 Å². The number of carbonyl (C=O) groups excluding carboxylic acids is 1. The molecule has 4 nitrogen and oxygen atoms in total. The van der Waals surface area contributed by atoms with Gasteiger partial charge in [0.2, 0.25) is 5.76 Å². The van der Waals surface area contributed by atoms with E-state index < -0.39 is 0 Å². The SMILES string of the molecule is Cc1nc(C)c(C(=O)NCC2CCC(Cl)CC2)o1. The number of hydrogen-bond acceptors (Lipinski definition) is 3. The summed E-state index contributed by atoms with van der Waals surface area (Å²) in [6, 6.07) is 0. The van der Waals surface area contributed by atoms with Crippen molar-refractivity contribution in [2.75, 3.05) is 6.54 Å². The number of nitrogens with zero attached hydrogens (tertiary/aromatic N) is 1. The first-order valence-electron chi connectivity index (χ1n) is 6.42. The molecule has 1 aromatic heterocycles. The maximum absolute atomic E-state index is 11.9. The zero-order valence-electron chi connectivity index (χ0n) is 10.8. The molecule has 1 aromatic rings. The van der Waals surface area contributed by atoms with E-state index in [9.17, 15) is 4.79 Å². The average molecular weight is 271 g/mol. The fraction of sp³-hybridized carbons (Fsp3) is 0.692. The molecule has 0 atom stereocenters. The van der Waals surface area contributed by atoms with Gasteiger partial charge in [-0.3, -0.25) is 4.79 Å². The van der Waals surface area contributed by atoms with E-state index in [1.54, 1.807) is 13.8 Å². The zero-order valence-corrected chi connectivity index (χ0v) is 11.6. The molecule has 0 aliphatic heterocycles. The molecule has 1 aliphatic rings. The zero-order chi connectivity index (χ0) is 13.1. The standard InChI is InChI=1S/C13H19ClN2O2/c1-8-12(18-9(2)16-8)13(17)15-7-10-3-5-11(14)6-4-10/h10-11H,3-7H2,1-2H3,(H,15,17). The van der Waals surface area contributed by atoms with Crippen LogP contribution in [0, 0.1) is 19.8 Å². The first kappa shape index (κ1) is 13.4. The summed E-state index contributed by atoms with van der Waals surface area (Å²) in [6.07, 6.45) is 4.26. The van der Waals surface area contributed by atoms with Crippen LogP contribution in [0.2, 0.25) is 0 Å². The minimum atomic E-state index is -0.166. The van der Waals surface area contributed by atoms with Crippen molar-refractivity contribution >= 4 is 17.5 Å². The van der Waals surface area contributed by atoms with E-state index in [4.69, 9.17) is 16.0 Å². The average Bonchev–Trinajstić information content (AvgIpc) is 2.67. The van der Waals surface area contributed by atoms with E-state index in [1.165, 1.54) is 0 Å². The van der Waals surface area contributed by atoms with Crippen LogP contribution >= 0.6 is 11.6 Å². The molecule has 0 unspecified atom stereocenters. The van der Waals surface area contributed by atoms with Crippen molar-refractivity contribution in [2.24, 2.45) is 5.92 Å². The van der Waals surface area contributed by atoms with Crippen molar-refractivity contribution in [2.45, 2.75) is 44.9 Å². The molecule has 0 aromatic carbocycles. The van der Waals surface area contributed by atoms with Gasteiger partial charge in [0.05, 0.1) is 5.69 Å². The lowest BCUT2D eigenvalue weighted by molar-refractivity contribution is 0.0914. The predicted molar refractivity (Wildman–Crippen MR) is 69.9 cm³/mol. The number of rotatable bonds is 3. The van der Waals surface area contributed by atoms with Crippen molar-refractivity contribution in [3.63, 3.8) is 0 Å². The largest absolute Gasteiger partial charge is 0.436 e. The molecule has 1 heterocycles. The van der Waals surface area contributed by atoms with Gasteiger partial charge in [0.25, 0.3) is 5.91 Å². The predicted octanol–water partition coefficient (Wildman–Crippen LogP) is 2.82. The van der Waals surface area contributed by atoms with E-state index in [0.717, 1.165) is 25.7 Å². The Hall–Kier alpha value is -1.03. The molecule has 0 bridgehead atoms. The van der Waals surface area contributed by atoms with Crippen LogP contribution in [-0.4, -0.2) is 22.8 Å². The lowest BCUT2D eigenvalue weighted by Crippen LogP contribution is -2.31. The fourth-order valence-corrected chi connectivity index (χ4v) is 2.64. The normalized spacial score (nSPS) is 23.9. The number of hydrogen-bond donors (Lipinski definition) is 1. The minimum Gasteiger partial charge on any atom is -0.436 e. The Balaban J connectivity index is 1.83. The molecule has 1 fully saturated rings. The lowest BCUT2D eigenvalue weighted by Gasteiger charge is -2.24. The molecule has 0 saturated heterocycles. The Morgan fingerprint density at radius 2 is 2.06 bits per heavy atom. The summed E-state index contributed by atoms with van der Waals surface area (Å²) >= 11 is 6.05. The van der Waals surface area contributed by atoms with Crippen molar-refractivity contribution in [1.29, 1.82) is 0 Å². The third kappa shape index (κ3) is 3.25. The van der Waals surface area contributed by atoms with E-state index in [2.05, 4.69) is 10.3 Å². The highest BCUT2D eigenvalue weighted by Gasteiger charge is 2.21. The van der Waals surface area contributed by atoms with Crippen LogP contribution in [-0.2, 0) is 0 Å². The lowest BCUT2D eigenvalue weighted by atomic mass is 9.89. The summed E-state index contributed by atoms with van der Waals surface area (Å²) in [5, 5.41) is 3.24. The van der Waals surface area contributed by atoms with Crippen LogP contribution in [0.25, 0.3) is 0 Å². The summed E-state index contributed by atoms with van der Waals surface area (Å²) in [6.45, 7) is 4.22. The number of amides is 1. The number of carbonyl (C=O) groups is 1. The molecule has 18 heavy (non-hydrogen) atoms. The second-order valence-corrected chi connectivity index (χ2v) is 5.59. The molecular weight excluding hydrogens is 252 g/mol. The second kappa shape index (κ2) is 5.74. The van der Waals surface area contributed by atoms with Gasteiger partial charge in [0, 0.05) is 18.8 Å². The molecule has 2 rings (SSSR count). The Labute approximate surface area is 112 Å². The van der Waals surface area contributed by atoms with Crippen molar-refractivity contribution in [3.05, 3.63) is 17.3 Å². The first-order valence-corrected chi connectivity index (χ1v) is 6.86. The van der Waals surface area contributed by atoms with Gasteiger partial charge in [-0.2, -0.15) is 0 Å². The van der Waals surface area contributed by atoms with Gasteiger partial charge in [-0.15, -0.1) is 11.6 Å². The Morgan fingerprint density at radius 3 is 2.61 bits per heavy atom. The number of alkyl halides is 1. The Morgan fingerprint density at radius 1 is 1.39 bits per heavy atom. The second-order valence-electron chi connectivity index (χ2n) is 4.98. The van der Waals surface area contributed by atoms with Gasteiger partial charge in [0.1, 0.15) is 0 Å². The maximum Gasteiger partial charge on any atom is 0.289 e. The van der Waals surface area contributed by atoms with Crippen molar-refractivity contribution in [3.8, 4) is 0 Å². The first-order chi connectivity index (χ1) is 8.56. The number of oxazole rings is 1. The van der Waals surface area contributed by atoms with E-state index in [0.29, 0.717) is 35.2 Å². The molecule has 0 radical (unpaired) electrons. The molecule has 1 aliphatic carbocycles. The van der Waals surface area contributed by atoms with Gasteiger partial charge in [-0.25, -0.2) is 4.98 Å². The summed E-state index contributed by atoms with van der Waals surface area (Å²) in [4.78, 5) is 16.0. The summed E-state index contributed by atoms with van der Waals surface area (Å²) in [7, 11) is 0. The van der Waals surface area contributed by atoms with Gasteiger partial charge in [-0.05, 0) is 38.5 Å². The summed E-state index contributed by atoms with van der Waals surface area (Å²) < 4.78 is 5.29. The summed E-state index contributed by atoms with van der Waals surface area (Å²) in [5.41, 5.74) is 0.648. The van der Waals surface area contributed by atoms with Crippen LogP contribution in [0.3, 0.4) is 0 Å². The molecule has 1 amide bonds. The topological polar surface area (TPSA) is 55.1 Å². The molecule has 100 valence electrons. The third-order valence-electron chi connectivity index (χ3n) is 3.44. The van der Waals surface area contributed by atoms with Crippen LogP contribution < -0.4 is 5.32 Å². The van der Waals surface area contributed by atoms with Gasteiger partial charge < -0.3 is 9.73 Å². The van der Waals surface area contributed by atoms with Gasteiger partial charge in [0.15, 0.2) is 5.89 Å². The number of halogens is 1. The van der Waals surface area contributed by atoms with Crippen LogP contribution in [0.1, 0.15) is 47.8 Å². The third-order valence-corrected chi connectivity index (χ3v) is 3.87. The van der Waals surface area contributed by atoms with Gasteiger partial charge >= 0.3 is 0 Å². The van der Waals surface area contributed by atoms with E-state index in [-0.39, 0.29) is 5.91 Å². The Kier molecular flexibility index (Phi) is 4.27. The Bertz CT molecular complexity index is 423. The molecule has 1 N–H and O–H groups in total. The number of aromatic nitrogens is 1. The molecule has 1 saturated carbocycles. The highest BCUT2D eigenvalue weighted by Crippen LogP contribution is 2.27.